The Morgan fingerprint density at radius 1 is 1.47 bits per heavy atom. The second kappa shape index (κ2) is 5.13. The predicted molar refractivity (Wildman–Crippen MR) is 66.7 cm³/mol. The number of aliphatic hydroxyl groups excluding tert-OH is 1. The van der Waals surface area contributed by atoms with Gasteiger partial charge in [-0.15, -0.1) is 0 Å². The standard InChI is InChI=1S/C13H16F2N2O2/c1-13(7-18,8-2-3-8)17-12(19)16-11-5-4-9(14)6-10(11)15/h4-6,8,18H,2-3,7H2,1H3,(H2,16,17,19). The smallest absolute Gasteiger partial charge is 0.319 e. The molecule has 1 aliphatic carbocycles. The molecule has 1 aromatic carbocycles. The minimum Gasteiger partial charge on any atom is -0.394 e. The summed E-state index contributed by atoms with van der Waals surface area (Å²) < 4.78 is 26.1. The van der Waals surface area contributed by atoms with Gasteiger partial charge in [0.1, 0.15) is 11.6 Å². The van der Waals surface area contributed by atoms with Crippen molar-refractivity contribution >= 4 is 11.7 Å². The SMILES string of the molecule is CC(CO)(NC(=O)Nc1ccc(F)cc1F)C1CC1. The average molecular weight is 270 g/mol. The number of hydrogen-bond acceptors (Lipinski definition) is 2. The molecule has 104 valence electrons. The fourth-order valence-corrected chi connectivity index (χ4v) is 1.99. The van der Waals surface area contributed by atoms with E-state index >= 15 is 0 Å². The third-order valence-corrected chi connectivity index (χ3v) is 3.39. The number of aliphatic hydroxyl groups is 1. The van der Waals surface area contributed by atoms with Crippen molar-refractivity contribution in [3.63, 3.8) is 0 Å². The first-order valence-electron chi connectivity index (χ1n) is 6.10. The summed E-state index contributed by atoms with van der Waals surface area (Å²) >= 11 is 0. The first kappa shape index (κ1) is 13.7. The molecular weight excluding hydrogens is 254 g/mol. The quantitative estimate of drug-likeness (QED) is 0.785. The van der Waals surface area contributed by atoms with E-state index in [1.165, 1.54) is 0 Å². The number of carbonyl (C=O) groups is 1. The zero-order chi connectivity index (χ0) is 14.0. The van der Waals surface area contributed by atoms with Crippen molar-refractivity contribution in [2.24, 2.45) is 5.92 Å². The van der Waals surface area contributed by atoms with Crippen molar-refractivity contribution in [3.05, 3.63) is 29.8 Å². The molecule has 0 aromatic heterocycles. The highest BCUT2D eigenvalue weighted by Gasteiger charge is 2.42. The zero-order valence-electron chi connectivity index (χ0n) is 10.5. The minimum absolute atomic E-state index is 0.102. The number of urea groups is 1. The molecule has 0 radical (unpaired) electrons. The van der Waals surface area contributed by atoms with Gasteiger partial charge in [-0.25, -0.2) is 13.6 Å². The third-order valence-electron chi connectivity index (χ3n) is 3.39. The molecule has 0 bridgehead atoms. The van der Waals surface area contributed by atoms with E-state index in [2.05, 4.69) is 10.6 Å². The molecule has 0 heterocycles. The van der Waals surface area contributed by atoms with Crippen molar-refractivity contribution in [2.45, 2.75) is 25.3 Å². The molecule has 1 fully saturated rings. The number of rotatable bonds is 4. The van der Waals surface area contributed by atoms with Crippen LogP contribution in [0.1, 0.15) is 19.8 Å². The number of hydrogen-bond donors (Lipinski definition) is 3. The number of nitrogens with one attached hydrogen (secondary N) is 2. The largest absolute Gasteiger partial charge is 0.394 e. The highest BCUT2D eigenvalue weighted by molar-refractivity contribution is 5.89. The number of carbonyl (C=O) groups excluding carboxylic acids is 1. The molecular formula is C13H16F2N2O2. The molecule has 6 heteroatoms. The highest BCUT2D eigenvalue weighted by Crippen LogP contribution is 2.39. The molecule has 2 amide bonds. The summed E-state index contributed by atoms with van der Waals surface area (Å²) in [7, 11) is 0. The number of anilines is 1. The van der Waals surface area contributed by atoms with Crippen molar-refractivity contribution in [2.75, 3.05) is 11.9 Å². The Hall–Kier alpha value is -1.69. The van der Waals surface area contributed by atoms with Gasteiger partial charge >= 0.3 is 6.03 Å². The molecule has 1 saturated carbocycles. The maximum absolute atomic E-state index is 13.4. The van der Waals surface area contributed by atoms with E-state index in [0.717, 1.165) is 25.0 Å². The number of halogens is 2. The average Bonchev–Trinajstić information content (AvgIpc) is 3.17. The van der Waals surface area contributed by atoms with Gasteiger partial charge in [0.05, 0.1) is 17.8 Å². The van der Waals surface area contributed by atoms with Gasteiger partial charge in [-0.3, -0.25) is 0 Å². The highest BCUT2D eigenvalue weighted by atomic mass is 19.1. The first-order chi connectivity index (χ1) is 8.94. The summed E-state index contributed by atoms with van der Waals surface area (Å²) in [6, 6.07) is 2.29. The fraction of sp³-hybridized carbons (Fsp3) is 0.462. The van der Waals surface area contributed by atoms with Crippen LogP contribution in [-0.4, -0.2) is 23.3 Å². The molecule has 0 aliphatic heterocycles. The van der Waals surface area contributed by atoms with Gasteiger partial charge in [-0.2, -0.15) is 0 Å². The van der Waals surface area contributed by atoms with E-state index in [4.69, 9.17) is 0 Å². The molecule has 19 heavy (non-hydrogen) atoms. The maximum Gasteiger partial charge on any atom is 0.319 e. The Kier molecular flexibility index (Phi) is 3.71. The van der Waals surface area contributed by atoms with Crippen molar-refractivity contribution < 1.29 is 18.7 Å². The summed E-state index contributed by atoms with van der Waals surface area (Å²) in [5, 5.41) is 14.3. The third kappa shape index (κ3) is 3.20. The van der Waals surface area contributed by atoms with Gasteiger partial charge in [0, 0.05) is 6.07 Å². The van der Waals surface area contributed by atoms with Crippen LogP contribution in [0.3, 0.4) is 0 Å². The minimum atomic E-state index is -0.840. The van der Waals surface area contributed by atoms with Gasteiger partial charge in [-0.1, -0.05) is 0 Å². The summed E-state index contributed by atoms with van der Waals surface area (Å²) in [4.78, 5) is 11.8. The molecule has 3 N–H and O–H groups in total. The summed E-state index contributed by atoms with van der Waals surface area (Å²) in [6.07, 6.45) is 1.89. The Morgan fingerprint density at radius 3 is 2.68 bits per heavy atom. The zero-order valence-corrected chi connectivity index (χ0v) is 10.5. The molecule has 0 spiro atoms. The van der Waals surface area contributed by atoms with Crippen LogP contribution in [0.25, 0.3) is 0 Å². The van der Waals surface area contributed by atoms with E-state index in [0.29, 0.717) is 6.07 Å². The van der Waals surface area contributed by atoms with Crippen molar-refractivity contribution in [1.82, 2.24) is 5.32 Å². The van der Waals surface area contributed by atoms with Gasteiger partial charge in [0.2, 0.25) is 0 Å². The lowest BCUT2D eigenvalue weighted by Crippen LogP contribution is -2.52. The van der Waals surface area contributed by atoms with E-state index in [1.807, 2.05) is 0 Å². The Balaban J connectivity index is 2.00. The number of benzene rings is 1. The van der Waals surface area contributed by atoms with Crippen LogP contribution in [0, 0.1) is 17.6 Å². The van der Waals surface area contributed by atoms with Gasteiger partial charge in [0.25, 0.3) is 0 Å². The van der Waals surface area contributed by atoms with Crippen molar-refractivity contribution in [1.29, 1.82) is 0 Å². The van der Waals surface area contributed by atoms with E-state index in [-0.39, 0.29) is 18.2 Å². The number of amides is 2. The summed E-state index contributed by atoms with van der Waals surface area (Å²) in [5.74, 6) is -1.31. The molecule has 1 unspecified atom stereocenters. The molecule has 1 aromatic rings. The monoisotopic (exact) mass is 270 g/mol. The lowest BCUT2D eigenvalue weighted by molar-refractivity contribution is 0.159. The van der Waals surface area contributed by atoms with Crippen LogP contribution < -0.4 is 10.6 Å². The first-order valence-corrected chi connectivity index (χ1v) is 6.10. The van der Waals surface area contributed by atoms with Crippen LogP contribution in [0.4, 0.5) is 19.3 Å². The second-order valence-corrected chi connectivity index (χ2v) is 5.05. The Labute approximate surface area is 109 Å². The van der Waals surface area contributed by atoms with Crippen LogP contribution in [-0.2, 0) is 0 Å². The fourth-order valence-electron chi connectivity index (χ4n) is 1.99. The van der Waals surface area contributed by atoms with Crippen LogP contribution in [0.2, 0.25) is 0 Å². The van der Waals surface area contributed by atoms with E-state index in [9.17, 15) is 18.7 Å². The second-order valence-electron chi connectivity index (χ2n) is 5.05. The van der Waals surface area contributed by atoms with Crippen molar-refractivity contribution in [3.8, 4) is 0 Å². The Morgan fingerprint density at radius 2 is 2.16 bits per heavy atom. The lowest BCUT2D eigenvalue weighted by Gasteiger charge is -2.28. The predicted octanol–water partition coefficient (Wildman–Crippen LogP) is 2.25. The molecule has 1 aliphatic rings. The van der Waals surface area contributed by atoms with Crippen LogP contribution >= 0.6 is 0 Å². The normalized spacial score (nSPS) is 17.7. The maximum atomic E-state index is 13.4. The molecule has 2 rings (SSSR count). The van der Waals surface area contributed by atoms with Crippen LogP contribution in [0.15, 0.2) is 18.2 Å². The van der Waals surface area contributed by atoms with E-state index in [1.54, 1.807) is 6.92 Å². The van der Waals surface area contributed by atoms with Gasteiger partial charge in [-0.05, 0) is 37.8 Å². The van der Waals surface area contributed by atoms with Crippen LogP contribution in [0.5, 0.6) is 0 Å². The molecule has 1 atom stereocenters. The van der Waals surface area contributed by atoms with Gasteiger partial charge in [0.15, 0.2) is 0 Å². The summed E-state index contributed by atoms with van der Waals surface area (Å²) in [5.41, 5.74) is -0.810. The molecule has 0 saturated heterocycles. The Bertz CT molecular complexity index is 492. The summed E-state index contributed by atoms with van der Waals surface area (Å²) in [6.45, 7) is 1.56. The van der Waals surface area contributed by atoms with Gasteiger partial charge < -0.3 is 15.7 Å². The van der Waals surface area contributed by atoms with E-state index < -0.39 is 23.2 Å². The lowest BCUT2D eigenvalue weighted by atomic mass is 9.97. The molecule has 4 nitrogen and oxygen atoms in total. The topological polar surface area (TPSA) is 61.4 Å².